The molecular weight excluding hydrogens is 190 g/mol. The number of hydrogen-bond acceptors (Lipinski definition) is 2. The largest absolute Gasteiger partial charge is 0.480 e. The molecule has 0 aliphatic rings. The maximum absolute atomic E-state index is 11.3. The Balaban J connectivity index is 4.85. The van der Waals surface area contributed by atoms with Crippen LogP contribution >= 0.6 is 0 Å². The summed E-state index contributed by atoms with van der Waals surface area (Å²) in [5, 5.41) is 9.23. The molecule has 0 saturated heterocycles. The fourth-order valence-corrected chi connectivity index (χ4v) is 2.11. The summed E-state index contributed by atoms with van der Waals surface area (Å²) in [6, 6.07) is 0. The van der Waals surface area contributed by atoms with Crippen LogP contribution in [0.15, 0.2) is 0 Å². The van der Waals surface area contributed by atoms with Gasteiger partial charge in [0.2, 0.25) is 0 Å². The van der Waals surface area contributed by atoms with Crippen molar-refractivity contribution in [2.45, 2.75) is 59.9 Å². The summed E-state index contributed by atoms with van der Waals surface area (Å²) >= 11 is 0. The molecule has 0 aromatic rings. The van der Waals surface area contributed by atoms with Crippen LogP contribution in [0.2, 0.25) is 0 Å². The van der Waals surface area contributed by atoms with Crippen LogP contribution in [0.5, 0.6) is 0 Å². The zero-order chi connectivity index (χ0) is 12.5. The standard InChI is InChI=1S/C12H25NO2/c1-10(2,3)7-12(13,9(14)15)8-11(4,5)6/h7-8,13H2,1-6H3,(H,14,15). The average molecular weight is 215 g/mol. The number of hydrogen-bond donors (Lipinski definition) is 2. The Morgan fingerprint density at radius 1 is 1.00 bits per heavy atom. The quantitative estimate of drug-likeness (QED) is 0.760. The second-order valence-corrected chi connectivity index (χ2v) is 6.94. The van der Waals surface area contributed by atoms with Crippen molar-refractivity contribution in [3.8, 4) is 0 Å². The number of nitrogens with two attached hydrogens (primary N) is 1. The molecule has 0 aliphatic heterocycles. The van der Waals surface area contributed by atoms with Crippen molar-refractivity contribution in [3.05, 3.63) is 0 Å². The fraction of sp³-hybridized carbons (Fsp3) is 0.917. The molecule has 0 unspecified atom stereocenters. The second kappa shape index (κ2) is 4.12. The Kier molecular flexibility index (Phi) is 3.97. The van der Waals surface area contributed by atoms with E-state index in [0.29, 0.717) is 12.8 Å². The van der Waals surface area contributed by atoms with Gasteiger partial charge in [-0.05, 0) is 23.7 Å². The Morgan fingerprint density at radius 3 is 1.40 bits per heavy atom. The molecule has 0 aromatic heterocycles. The van der Waals surface area contributed by atoms with Crippen LogP contribution < -0.4 is 5.73 Å². The van der Waals surface area contributed by atoms with Crippen molar-refractivity contribution in [2.75, 3.05) is 0 Å². The molecule has 0 radical (unpaired) electrons. The van der Waals surface area contributed by atoms with Crippen molar-refractivity contribution >= 4 is 5.97 Å². The molecule has 0 aliphatic carbocycles. The minimum absolute atomic E-state index is 0.0710. The van der Waals surface area contributed by atoms with E-state index >= 15 is 0 Å². The van der Waals surface area contributed by atoms with Crippen molar-refractivity contribution in [1.82, 2.24) is 0 Å². The van der Waals surface area contributed by atoms with Crippen molar-refractivity contribution < 1.29 is 9.90 Å². The van der Waals surface area contributed by atoms with E-state index in [-0.39, 0.29) is 10.8 Å². The van der Waals surface area contributed by atoms with E-state index in [1.165, 1.54) is 0 Å². The zero-order valence-electron chi connectivity index (χ0n) is 10.8. The molecule has 0 rings (SSSR count). The Bertz CT molecular complexity index is 217. The van der Waals surface area contributed by atoms with Gasteiger partial charge in [0, 0.05) is 0 Å². The summed E-state index contributed by atoms with van der Waals surface area (Å²) in [7, 11) is 0. The van der Waals surface area contributed by atoms with E-state index in [1.54, 1.807) is 0 Å². The SMILES string of the molecule is CC(C)(C)CC(N)(CC(C)(C)C)C(=O)O. The third-order valence-electron chi connectivity index (χ3n) is 2.12. The molecule has 0 fully saturated rings. The molecule has 0 aromatic carbocycles. The van der Waals surface area contributed by atoms with E-state index in [4.69, 9.17) is 5.73 Å². The molecule has 0 amide bonds. The number of aliphatic carboxylic acids is 1. The van der Waals surface area contributed by atoms with Crippen LogP contribution in [0.25, 0.3) is 0 Å². The van der Waals surface area contributed by atoms with Gasteiger partial charge in [0.15, 0.2) is 0 Å². The third-order valence-corrected chi connectivity index (χ3v) is 2.12. The van der Waals surface area contributed by atoms with E-state index in [1.807, 2.05) is 41.5 Å². The van der Waals surface area contributed by atoms with Gasteiger partial charge in [-0.25, -0.2) is 0 Å². The summed E-state index contributed by atoms with van der Waals surface area (Å²) < 4.78 is 0. The van der Waals surface area contributed by atoms with Gasteiger partial charge in [-0.3, -0.25) is 4.79 Å². The molecule has 0 spiro atoms. The summed E-state index contributed by atoms with van der Waals surface area (Å²) in [4.78, 5) is 11.3. The number of carboxylic acid groups (broad SMARTS) is 1. The Hall–Kier alpha value is -0.570. The van der Waals surface area contributed by atoms with Gasteiger partial charge in [0.1, 0.15) is 5.54 Å². The first-order valence-electron chi connectivity index (χ1n) is 5.38. The molecule has 3 heteroatoms. The average Bonchev–Trinajstić information content (AvgIpc) is 1.75. The first kappa shape index (κ1) is 14.4. The van der Waals surface area contributed by atoms with E-state index in [2.05, 4.69) is 0 Å². The lowest BCUT2D eigenvalue weighted by Gasteiger charge is -2.36. The fourth-order valence-electron chi connectivity index (χ4n) is 2.11. The maximum atomic E-state index is 11.3. The van der Waals surface area contributed by atoms with Crippen molar-refractivity contribution in [1.29, 1.82) is 0 Å². The van der Waals surface area contributed by atoms with Crippen LogP contribution in [0.4, 0.5) is 0 Å². The molecule has 15 heavy (non-hydrogen) atoms. The lowest BCUT2D eigenvalue weighted by molar-refractivity contribution is -0.146. The van der Waals surface area contributed by atoms with Gasteiger partial charge >= 0.3 is 5.97 Å². The van der Waals surface area contributed by atoms with E-state index in [9.17, 15) is 9.90 Å². The van der Waals surface area contributed by atoms with E-state index in [0.717, 1.165) is 0 Å². The molecule has 3 nitrogen and oxygen atoms in total. The van der Waals surface area contributed by atoms with Gasteiger partial charge in [-0.15, -0.1) is 0 Å². The molecular formula is C12H25NO2. The second-order valence-electron chi connectivity index (χ2n) is 6.94. The highest BCUT2D eigenvalue weighted by atomic mass is 16.4. The summed E-state index contributed by atoms with van der Waals surface area (Å²) in [5.41, 5.74) is 4.76. The highest BCUT2D eigenvalue weighted by molar-refractivity contribution is 5.78. The predicted molar refractivity (Wildman–Crippen MR) is 62.7 cm³/mol. The first-order chi connectivity index (χ1) is 6.36. The lowest BCUT2D eigenvalue weighted by Crippen LogP contribution is -2.52. The maximum Gasteiger partial charge on any atom is 0.323 e. The Labute approximate surface area is 93.0 Å². The minimum atomic E-state index is -1.11. The molecule has 90 valence electrons. The molecule has 3 N–H and O–H groups in total. The minimum Gasteiger partial charge on any atom is -0.480 e. The van der Waals surface area contributed by atoms with Crippen LogP contribution in [0, 0.1) is 10.8 Å². The monoisotopic (exact) mass is 215 g/mol. The topological polar surface area (TPSA) is 63.3 Å². The van der Waals surface area contributed by atoms with Gasteiger partial charge in [-0.2, -0.15) is 0 Å². The van der Waals surface area contributed by atoms with Crippen LogP contribution in [-0.4, -0.2) is 16.6 Å². The Morgan fingerprint density at radius 2 is 1.27 bits per heavy atom. The van der Waals surface area contributed by atoms with Crippen molar-refractivity contribution in [3.63, 3.8) is 0 Å². The number of rotatable bonds is 3. The third kappa shape index (κ3) is 5.78. The van der Waals surface area contributed by atoms with Crippen LogP contribution in [-0.2, 0) is 4.79 Å². The predicted octanol–water partition coefficient (Wildman–Crippen LogP) is 2.64. The number of carboxylic acids is 1. The van der Waals surface area contributed by atoms with Gasteiger partial charge < -0.3 is 10.8 Å². The van der Waals surface area contributed by atoms with Crippen LogP contribution in [0.3, 0.4) is 0 Å². The lowest BCUT2D eigenvalue weighted by atomic mass is 9.72. The van der Waals surface area contributed by atoms with Gasteiger partial charge in [0.25, 0.3) is 0 Å². The van der Waals surface area contributed by atoms with Gasteiger partial charge in [-0.1, -0.05) is 41.5 Å². The first-order valence-corrected chi connectivity index (χ1v) is 5.38. The van der Waals surface area contributed by atoms with Crippen molar-refractivity contribution in [2.24, 2.45) is 16.6 Å². The van der Waals surface area contributed by atoms with Gasteiger partial charge in [0.05, 0.1) is 0 Å². The smallest absolute Gasteiger partial charge is 0.323 e. The summed E-state index contributed by atoms with van der Waals surface area (Å²) in [6.07, 6.45) is 0.985. The molecule has 0 atom stereocenters. The molecule has 0 heterocycles. The van der Waals surface area contributed by atoms with Crippen LogP contribution in [0.1, 0.15) is 54.4 Å². The zero-order valence-corrected chi connectivity index (χ0v) is 10.8. The summed E-state index contributed by atoms with van der Waals surface area (Å²) in [5.74, 6) is -0.896. The van der Waals surface area contributed by atoms with E-state index < -0.39 is 11.5 Å². The summed E-state index contributed by atoms with van der Waals surface area (Å²) in [6.45, 7) is 12.1. The highest BCUT2D eigenvalue weighted by Gasteiger charge is 2.40. The normalized spacial score (nSPS) is 14.1. The molecule has 0 saturated carbocycles. The molecule has 0 bridgehead atoms. The highest BCUT2D eigenvalue weighted by Crippen LogP contribution is 2.34. The number of carbonyl (C=O) groups is 1.